The van der Waals surface area contributed by atoms with E-state index in [0.29, 0.717) is 11.3 Å². The zero-order valence-corrected chi connectivity index (χ0v) is 11.1. The number of nitrogen functional groups attached to an aromatic ring is 1. The van der Waals surface area contributed by atoms with Gasteiger partial charge in [0, 0.05) is 17.3 Å². The van der Waals surface area contributed by atoms with E-state index in [9.17, 15) is 13.6 Å². The van der Waals surface area contributed by atoms with E-state index in [0.717, 1.165) is 17.7 Å². The third-order valence-electron chi connectivity index (χ3n) is 2.86. The van der Waals surface area contributed by atoms with Crippen molar-refractivity contribution in [1.82, 2.24) is 0 Å². The highest BCUT2D eigenvalue weighted by Crippen LogP contribution is 2.20. The quantitative estimate of drug-likeness (QED) is 0.826. The molecule has 0 radical (unpaired) electrons. The molecule has 2 aromatic carbocycles. The minimum absolute atomic E-state index is 0.181. The van der Waals surface area contributed by atoms with E-state index in [1.54, 1.807) is 19.1 Å². The number of nitrogens with two attached hydrogens (primary N) is 1. The van der Waals surface area contributed by atoms with Crippen LogP contribution in [0.3, 0.4) is 0 Å². The van der Waals surface area contributed by atoms with Crippen LogP contribution in [0.15, 0.2) is 30.3 Å². The first-order chi connectivity index (χ1) is 9.36. The topological polar surface area (TPSA) is 55.1 Å². The van der Waals surface area contributed by atoms with E-state index in [1.165, 1.54) is 13.0 Å². The molecule has 3 N–H and O–H groups in total. The highest BCUT2D eigenvalue weighted by molar-refractivity contribution is 6.05. The summed E-state index contributed by atoms with van der Waals surface area (Å²) in [4.78, 5) is 12.0. The van der Waals surface area contributed by atoms with Gasteiger partial charge < -0.3 is 11.1 Å². The molecular weight excluding hydrogens is 262 g/mol. The van der Waals surface area contributed by atoms with Gasteiger partial charge in [0.15, 0.2) is 0 Å². The van der Waals surface area contributed by atoms with Crippen LogP contribution in [-0.4, -0.2) is 5.91 Å². The number of rotatable bonds is 2. The summed E-state index contributed by atoms with van der Waals surface area (Å²) < 4.78 is 27.1. The van der Waals surface area contributed by atoms with Gasteiger partial charge >= 0.3 is 0 Å². The Kier molecular flexibility index (Phi) is 3.70. The lowest BCUT2D eigenvalue weighted by molar-refractivity contribution is 0.102. The van der Waals surface area contributed by atoms with E-state index in [2.05, 4.69) is 5.32 Å². The second-order valence-corrected chi connectivity index (χ2v) is 4.67. The van der Waals surface area contributed by atoms with Crippen LogP contribution in [0.4, 0.5) is 20.2 Å². The fraction of sp³-hybridized carbons (Fsp3) is 0.133. The van der Waals surface area contributed by atoms with Gasteiger partial charge in [-0.05, 0) is 49.2 Å². The first-order valence-corrected chi connectivity index (χ1v) is 6.01. The third-order valence-corrected chi connectivity index (χ3v) is 2.86. The molecule has 20 heavy (non-hydrogen) atoms. The predicted octanol–water partition coefficient (Wildman–Crippen LogP) is 3.42. The van der Waals surface area contributed by atoms with Crippen molar-refractivity contribution in [2.75, 3.05) is 11.1 Å². The summed E-state index contributed by atoms with van der Waals surface area (Å²) in [6.45, 7) is 3.24. The molecule has 0 bridgehead atoms. The van der Waals surface area contributed by atoms with Crippen LogP contribution in [0.5, 0.6) is 0 Å². The maximum atomic E-state index is 13.7. The summed E-state index contributed by atoms with van der Waals surface area (Å²) in [6, 6.07) is 6.80. The molecule has 0 spiro atoms. The number of benzene rings is 2. The van der Waals surface area contributed by atoms with Crippen molar-refractivity contribution in [3.8, 4) is 0 Å². The van der Waals surface area contributed by atoms with Crippen LogP contribution < -0.4 is 11.1 Å². The molecule has 0 unspecified atom stereocenters. The number of carbonyl (C=O) groups is 1. The van der Waals surface area contributed by atoms with E-state index in [1.807, 2.05) is 0 Å². The van der Waals surface area contributed by atoms with Gasteiger partial charge in [-0.2, -0.15) is 0 Å². The second kappa shape index (κ2) is 5.28. The summed E-state index contributed by atoms with van der Waals surface area (Å²) in [6.07, 6.45) is 0. The molecule has 0 aliphatic carbocycles. The SMILES string of the molecule is Cc1cc(N)cc(C(=O)Nc2cc(F)c(C)cc2F)c1. The van der Waals surface area contributed by atoms with Crippen LogP contribution in [-0.2, 0) is 0 Å². The summed E-state index contributed by atoms with van der Waals surface area (Å²) in [5, 5.41) is 2.34. The first kappa shape index (κ1) is 14.0. The average molecular weight is 276 g/mol. The summed E-state index contributed by atoms with van der Waals surface area (Å²) in [5.74, 6) is -1.80. The lowest BCUT2D eigenvalue weighted by Gasteiger charge is -2.09. The van der Waals surface area contributed by atoms with Gasteiger partial charge in [-0.15, -0.1) is 0 Å². The van der Waals surface area contributed by atoms with Gasteiger partial charge in [-0.25, -0.2) is 8.78 Å². The molecule has 2 aromatic rings. The molecule has 0 aliphatic rings. The zero-order chi connectivity index (χ0) is 14.9. The Morgan fingerprint density at radius 3 is 2.40 bits per heavy atom. The minimum Gasteiger partial charge on any atom is -0.399 e. The highest BCUT2D eigenvalue weighted by atomic mass is 19.1. The zero-order valence-electron chi connectivity index (χ0n) is 11.1. The molecule has 5 heteroatoms. The van der Waals surface area contributed by atoms with Crippen LogP contribution in [0.25, 0.3) is 0 Å². The third kappa shape index (κ3) is 2.93. The summed E-state index contributed by atoms with van der Waals surface area (Å²) in [5.41, 5.74) is 7.18. The molecule has 0 heterocycles. The first-order valence-electron chi connectivity index (χ1n) is 6.01. The average Bonchev–Trinajstić information content (AvgIpc) is 2.34. The van der Waals surface area contributed by atoms with Crippen molar-refractivity contribution in [2.24, 2.45) is 0 Å². The molecule has 104 valence electrons. The molecule has 3 nitrogen and oxygen atoms in total. The molecular formula is C15H14F2N2O. The van der Waals surface area contributed by atoms with Crippen molar-refractivity contribution >= 4 is 17.3 Å². The molecule has 0 saturated heterocycles. The number of hydrogen-bond acceptors (Lipinski definition) is 2. The van der Waals surface area contributed by atoms with Gasteiger partial charge in [0.25, 0.3) is 5.91 Å². The molecule has 2 rings (SSSR count). The van der Waals surface area contributed by atoms with Gasteiger partial charge in [0.1, 0.15) is 11.6 Å². The number of halogens is 2. The number of nitrogens with one attached hydrogen (secondary N) is 1. The van der Waals surface area contributed by atoms with Crippen molar-refractivity contribution in [2.45, 2.75) is 13.8 Å². The van der Waals surface area contributed by atoms with Crippen LogP contribution in [0.1, 0.15) is 21.5 Å². The van der Waals surface area contributed by atoms with Crippen molar-refractivity contribution in [3.05, 3.63) is 58.7 Å². The maximum Gasteiger partial charge on any atom is 0.255 e. The molecule has 0 saturated carbocycles. The Morgan fingerprint density at radius 1 is 1.05 bits per heavy atom. The fourth-order valence-electron chi connectivity index (χ4n) is 1.88. The van der Waals surface area contributed by atoms with Crippen molar-refractivity contribution < 1.29 is 13.6 Å². The van der Waals surface area contributed by atoms with Gasteiger partial charge in [-0.1, -0.05) is 0 Å². The van der Waals surface area contributed by atoms with Gasteiger partial charge in [0.2, 0.25) is 0 Å². The standard InChI is InChI=1S/C15H14F2N2O/c1-8-3-10(6-11(18)4-8)15(20)19-14-7-12(16)9(2)5-13(14)17/h3-7H,18H2,1-2H3,(H,19,20). The van der Waals surface area contributed by atoms with E-state index in [4.69, 9.17) is 5.73 Å². The fourth-order valence-corrected chi connectivity index (χ4v) is 1.88. The molecule has 0 atom stereocenters. The lowest BCUT2D eigenvalue weighted by Crippen LogP contribution is -2.14. The van der Waals surface area contributed by atoms with Crippen molar-refractivity contribution in [3.63, 3.8) is 0 Å². The Bertz CT molecular complexity index is 664. The highest BCUT2D eigenvalue weighted by Gasteiger charge is 2.12. The Labute approximate surface area is 115 Å². The Balaban J connectivity index is 2.30. The van der Waals surface area contributed by atoms with E-state index < -0.39 is 17.5 Å². The largest absolute Gasteiger partial charge is 0.399 e. The van der Waals surface area contributed by atoms with Crippen LogP contribution >= 0.6 is 0 Å². The van der Waals surface area contributed by atoms with Crippen molar-refractivity contribution in [1.29, 1.82) is 0 Å². The predicted molar refractivity (Wildman–Crippen MR) is 74.6 cm³/mol. The Hall–Kier alpha value is -2.43. The second-order valence-electron chi connectivity index (χ2n) is 4.67. The Morgan fingerprint density at radius 2 is 1.75 bits per heavy atom. The number of anilines is 2. The number of amides is 1. The van der Waals surface area contributed by atoms with E-state index in [-0.39, 0.29) is 11.3 Å². The van der Waals surface area contributed by atoms with E-state index >= 15 is 0 Å². The maximum absolute atomic E-state index is 13.7. The van der Waals surface area contributed by atoms with Gasteiger partial charge in [0.05, 0.1) is 5.69 Å². The smallest absolute Gasteiger partial charge is 0.255 e. The lowest BCUT2D eigenvalue weighted by atomic mass is 10.1. The number of aryl methyl sites for hydroxylation is 2. The molecule has 0 fully saturated rings. The summed E-state index contributed by atoms with van der Waals surface area (Å²) >= 11 is 0. The summed E-state index contributed by atoms with van der Waals surface area (Å²) in [7, 11) is 0. The molecule has 1 amide bonds. The van der Waals surface area contributed by atoms with Crippen LogP contribution in [0.2, 0.25) is 0 Å². The molecule has 0 aromatic heterocycles. The number of carbonyl (C=O) groups excluding carboxylic acids is 1. The van der Waals surface area contributed by atoms with Gasteiger partial charge in [-0.3, -0.25) is 4.79 Å². The normalized spacial score (nSPS) is 10.4. The molecule has 0 aliphatic heterocycles. The number of hydrogen-bond donors (Lipinski definition) is 2. The van der Waals surface area contributed by atoms with Crippen LogP contribution in [0, 0.1) is 25.5 Å². The monoisotopic (exact) mass is 276 g/mol. The minimum atomic E-state index is -0.683.